The van der Waals surface area contributed by atoms with Crippen molar-refractivity contribution in [2.75, 3.05) is 0 Å². The zero-order valence-electron chi connectivity index (χ0n) is 4.59. The average molecular weight is 139 g/mol. The third-order valence-corrected chi connectivity index (χ3v) is 2.20. The maximum absolute atomic E-state index is 9.08. The maximum Gasteiger partial charge on any atom is 0.150 e. The lowest BCUT2D eigenvalue weighted by Crippen LogP contribution is -1.56. The molecule has 0 aliphatic heterocycles. The molecular weight excluding hydrogens is 134 g/mol. The Morgan fingerprint density at radius 1 is 1.56 bits per heavy atom. The van der Waals surface area contributed by atoms with Crippen LogP contribution in [0.5, 0.6) is 5.75 Å². The Kier molecular flexibility index (Phi) is 0.818. The van der Waals surface area contributed by atoms with Crippen molar-refractivity contribution < 1.29 is 5.11 Å². The van der Waals surface area contributed by atoms with Gasteiger partial charge in [-0.1, -0.05) is 0 Å². The molecule has 0 aliphatic carbocycles. The van der Waals surface area contributed by atoms with Gasteiger partial charge in [-0.3, -0.25) is 0 Å². The maximum atomic E-state index is 9.08. The molecule has 2 heterocycles. The number of H-pyrrole nitrogens is 1. The summed E-state index contributed by atoms with van der Waals surface area (Å²) in [5.74, 6) is 0.347. The molecule has 0 saturated carbocycles. The van der Waals surface area contributed by atoms with Gasteiger partial charge in [0.1, 0.15) is 5.75 Å². The van der Waals surface area contributed by atoms with E-state index in [9.17, 15) is 0 Å². The lowest BCUT2D eigenvalue weighted by atomic mass is 10.5. The predicted octanol–water partition coefficient (Wildman–Crippen LogP) is 1.93. The number of hydrogen-bond acceptors (Lipinski definition) is 2. The molecule has 2 rings (SSSR count). The van der Waals surface area contributed by atoms with Crippen molar-refractivity contribution in [1.29, 1.82) is 0 Å². The predicted molar refractivity (Wildman–Crippen MR) is 37.8 cm³/mol. The fraction of sp³-hybridized carbons (Fsp3) is 0. The van der Waals surface area contributed by atoms with Crippen LogP contribution in [-0.4, -0.2) is 10.1 Å². The van der Waals surface area contributed by atoms with Gasteiger partial charge in [-0.2, -0.15) is 0 Å². The summed E-state index contributed by atoms with van der Waals surface area (Å²) < 4.78 is 1.10. The molecule has 0 spiro atoms. The van der Waals surface area contributed by atoms with Crippen LogP contribution >= 0.6 is 11.3 Å². The van der Waals surface area contributed by atoms with Crippen LogP contribution in [0.1, 0.15) is 0 Å². The van der Waals surface area contributed by atoms with E-state index in [4.69, 9.17) is 5.11 Å². The summed E-state index contributed by atoms with van der Waals surface area (Å²) in [4.78, 5) is 2.93. The van der Waals surface area contributed by atoms with Crippen LogP contribution in [0.15, 0.2) is 17.6 Å². The Morgan fingerprint density at radius 2 is 2.44 bits per heavy atom. The van der Waals surface area contributed by atoms with Crippen molar-refractivity contribution in [2.45, 2.75) is 0 Å². The third-order valence-electron chi connectivity index (χ3n) is 1.26. The normalized spacial score (nSPS) is 10.7. The largest absolute Gasteiger partial charge is 0.505 e. The summed E-state index contributed by atoms with van der Waals surface area (Å²) in [5.41, 5.74) is 0.847. The fourth-order valence-electron chi connectivity index (χ4n) is 0.832. The van der Waals surface area contributed by atoms with Crippen LogP contribution in [0, 0.1) is 0 Å². The number of nitrogens with one attached hydrogen (secondary N) is 1. The minimum atomic E-state index is 0.347. The SMILES string of the molecule is Oc1csc2cc[nH]c12. The molecule has 46 valence electrons. The molecule has 2 nitrogen and oxygen atoms in total. The van der Waals surface area contributed by atoms with E-state index >= 15 is 0 Å². The molecule has 2 aromatic heterocycles. The van der Waals surface area contributed by atoms with Gasteiger partial charge in [0.2, 0.25) is 0 Å². The van der Waals surface area contributed by atoms with E-state index in [0.29, 0.717) is 5.75 Å². The molecule has 9 heavy (non-hydrogen) atoms. The first-order chi connectivity index (χ1) is 4.38. The Hall–Kier alpha value is -0.960. The number of aromatic nitrogens is 1. The molecule has 0 unspecified atom stereocenters. The van der Waals surface area contributed by atoms with Gasteiger partial charge in [0.05, 0.1) is 10.2 Å². The smallest absolute Gasteiger partial charge is 0.150 e. The summed E-state index contributed by atoms with van der Waals surface area (Å²) in [7, 11) is 0. The first kappa shape index (κ1) is 4.88. The highest BCUT2D eigenvalue weighted by atomic mass is 32.1. The first-order valence-corrected chi connectivity index (χ1v) is 3.49. The Labute approximate surface area is 55.8 Å². The van der Waals surface area contributed by atoms with E-state index in [2.05, 4.69) is 4.98 Å². The molecule has 2 aromatic rings. The number of thiophene rings is 1. The van der Waals surface area contributed by atoms with Crippen LogP contribution in [0.3, 0.4) is 0 Å². The molecule has 0 amide bonds. The molecule has 0 radical (unpaired) electrons. The minimum Gasteiger partial charge on any atom is -0.505 e. The molecule has 2 N–H and O–H groups in total. The monoisotopic (exact) mass is 139 g/mol. The Morgan fingerprint density at radius 3 is 3.22 bits per heavy atom. The molecule has 0 saturated heterocycles. The topological polar surface area (TPSA) is 36.0 Å². The Bertz CT molecular complexity index is 322. The number of rotatable bonds is 0. The minimum absolute atomic E-state index is 0.347. The average Bonchev–Trinajstić information content (AvgIpc) is 2.35. The third kappa shape index (κ3) is 0.549. The molecule has 3 heteroatoms. The van der Waals surface area contributed by atoms with Crippen LogP contribution < -0.4 is 0 Å². The molecular formula is C6H5NOS. The van der Waals surface area contributed by atoms with Crippen molar-refractivity contribution in [3.8, 4) is 5.75 Å². The zero-order valence-corrected chi connectivity index (χ0v) is 5.40. The standard InChI is InChI=1S/C6H5NOS/c8-4-3-9-5-1-2-7-6(4)5/h1-3,7-8H. The second-order valence-corrected chi connectivity index (χ2v) is 2.75. The van der Waals surface area contributed by atoms with E-state index in [1.807, 2.05) is 12.3 Å². The van der Waals surface area contributed by atoms with Crippen molar-refractivity contribution in [3.63, 3.8) is 0 Å². The van der Waals surface area contributed by atoms with Crippen LogP contribution in [-0.2, 0) is 0 Å². The van der Waals surface area contributed by atoms with E-state index in [0.717, 1.165) is 10.2 Å². The molecule has 0 aromatic carbocycles. The van der Waals surface area contributed by atoms with E-state index < -0.39 is 0 Å². The summed E-state index contributed by atoms with van der Waals surface area (Å²) >= 11 is 1.54. The zero-order chi connectivity index (χ0) is 6.27. The Balaban J connectivity index is 2.99. The van der Waals surface area contributed by atoms with Crippen LogP contribution in [0.2, 0.25) is 0 Å². The lowest BCUT2D eigenvalue weighted by molar-refractivity contribution is 0.482. The van der Waals surface area contributed by atoms with Gasteiger partial charge in [-0.25, -0.2) is 0 Å². The molecule has 0 fully saturated rings. The molecule has 0 atom stereocenters. The van der Waals surface area contributed by atoms with E-state index in [1.54, 1.807) is 5.38 Å². The second kappa shape index (κ2) is 1.51. The quantitative estimate of drug-likeness (QED) is 0.574. The molecule has 0 aliphatic rings. The van der Waals surface area contributed by atoms with Gasteiger partial charge in [0, 0.05) is 11.6 Å². The van der Waals surface area contributed by atoms with E-state index in [1.165, 1.54) is 11.3 Å². The first-order valence-electron chi connectivity index (χ1n) is 2.61. The summed E-state index contributed by atoms with van der Waals surface area (Å²) in [6.45, 7) is 0. The summed E-state index contributed by atoms with van der Waals surface area (Å²) in [6.07, 6.45) is 1.82. The van der Waals surface area contributed by atoms with E-state index in [-0.39, 0.29) is 0 Å². The number of hydrogen-bond donors (Lipinski definition) is 2. The molecule has 0 bridgehead atoms. The second-order valence-electron chi connectivity index (χ2n) is 1.84. The van der Waals surface area contributed by atoms with Gasteiger partial charge in [0.25, 0.3) is 0 Å². The highest BCUT2D eigenvalue weighted by Crippen LogP contribution is 2.28. The van der Waals surface area contributed by atoms with Crippen molar-refractivity contribution in [3.05, 3.63) is 17.6 Å². The fourth-order valence-corrected chi connectivity index (χ4v) is 1.62. The highest BCUT2D eigenvalue weighted by molar-refractivity contribution is 7.17. The summed E-state index contributed by atoms with van der Waals surface area (Å²) in [6, 6.07) is 1.94. The van der Waals surface area contributed by atoms with Gasteiger partial charge < -0.3 is 10.1 Å². The van der Waals surface area contributed by atoms with Crippen molar-refractivity contribution >= 4 is 21.6 Å². The van der Waals surface area contributed by atoms with Gasteiger partial charge in [0.15, 0.2) is 0 Å². The lowest BCUT2D eigenvalue weighted by Gasteiger charge is -1.77. The highest BCUT2D eigenvalue weighted by Gasteiger charge is 1.99. The van der Waals surface area contributed by atoms with Crippen molar-refractivity contribution in [1.82, 2.24) is 4.98 Å². The number of aromatic hydroxyl groups is 1. The van der Waals surface area contributed by atoms with Crippen LogP contribution in [0.4, 0.5) is 0 Å². The number of fused-ring (bicyclic) bond motifs is 1. The summed E-state index contributed by atoms with van der Waals surface area (Å²) in [5, 5.41) is 10.8. The van der Waals surface area contributed by atoms with Gasteiger partial charge in [-0.15, -0.1) is 11.3 Å². The van der Waals surface area contributed by atoms with Crippen LogP contribution in [0.25, 0.3) is 10.2 Å². The van der Waals surface area contributed by atoms with Gasteiger partial charge >= 0.3 is 0 Å². The van der Waals surface area contributed by atoms with Crippen molar-refractivity contribution in [2.24, 2.45) is 0 Å². The number of aromatic amines is 1. The van der Waals surface area contributed by atoms with Gasteiger partial charge in [-0.05, 0) is 6.07 Å².